The highest BCUT2D eigenvalue weighted by molar-refractivity contribution is 7.91. The lowest BCUT2D eigenvalue weighted by molar-refractivity contribution is -0.130. The molecule has 4 rings (SSSR count). The first-order chi connectivity index (χ1) is 17.5. The molecule has 13 heteroatoms. The Morgan fingerprint density at radius 3 is 2.49 bits per heavy atom. The van der Waals surface area contributed by atoms with E-state index in [9.17, 15) is 22.4 Å². The van der Waals surface area contributed by atoms with Crippen molar-refractivity contribution in [3.63, 3.8) is 0 Å². The molecule has 0 radical (unpaired) electrons. The molecule has 2 aromatic rings. The zero-order valence-corrected chi connectivity index (χ0v) is 21.4. The van der Waals surface area contributed by atoms with Crippen LogP contribution < -0.4 is 9.47 Å². The second-order valence-electron chi connectivity index (χ2n) is 9.25. The fourth-order valence-electron chi connectivity index (χ4n) is 4.55. The molecule has 2 fully saturated rings. The molecule has 11 nitrogen and oxygen atoms in total. The van der Waals surface area contributed by atoms with Gasteiger partial charge in [-0.1, -0.05) is 6.07 Å². The SMILES string of the molecule is Cc1c(Oc2ccc(CC(=O)N3CCCC3S(C)(=O)=O)cc2F)ncnc1OC1CCN(C(=O)O)CC1. The number of ether oxygens (including phenoxy) is 2. The molecular weight excluding hydrogens is 507 g/mol. The van der Waals surface area contributed by atoms with Crippen LogP contribution in [0.3, 0.4) is 0 Å². The van der Waals surface area contributed by atoms with Gasteiger partial charge in [-0.25, -0.2) is 27.6 Å². The van der Waals surface area contributed by atoms with Crippen molar-refractivity contribution < 1.29 is 37.0 Å². The van der Waals surface area contributed by atoms with Crippen molar-refractivity contribution in [3.8, 4) is 17.5 Å². The molecule has 2 saturated heterocycles. The first kappa shape index (κ1) is 26.6. The maximum Gasteiger partial charge on any atom is 0.407 e. The van der Waals surface area contributed by atoms with Gasteiger partial charge in [0.05, 0.1) is 12.0 Å². The number of sulfone groups is 1. The van der Waals surface area contributed by atoms with E-state index in [-0.39, 0.29) is 35.9 Å². The quantitative estimate of drug-likeness (QED) is 0.566. The van der Waals surface area contributed by atoms with Crippen molar-refractivity contribution in [1.29, 1.82) is 0 Å². The molecule has 2 aliphatic rings. The van der Waals surface area contributed by atoms with Gasteiger partial charge in [0.15, 0.2) is 21.4 Å². The van der Waals surface area contributed by atoms with E-state index in [0.29, 0.717) is 56.4 Å². The molecule has 0 saturated carbocycles. The van der Waals surface area contributed by atoms with Gasteiger partial charge >= 0.3 is 6.09 Å². The van der Waals surface area contributed by atoms with Crippen molar-refractivity contribution in [2.45, 2.75) is 50.5 Å². The summed E-state index contributed by atoms with van der Waals surface area (Å²) in [6, 6.07) is 4.12. The fourth-order valence-corrected chi connectivity index (χ4v) is 5.83. The van der Waals surface area contributed by atoms with Crippen LogP contribution in [0.2, 0.25) is 0 Å². The molecule has 1 aromatic carbocycles. The highest BCUT2D eigenvalue weighted by Crippen LogP contribution is 2.31. The van der Waals surface area contributed by atoms with E-state index < -0.39 is 27.1 Å². The van der Waals surface area contributed by atoms with Gasteiger partial charge in [0.25, 0.3) is 0 Å². The summed E-state index contributed by atoms with van der Waals surface area (Å²) >= 11 is 0. The summed E-state index contributed by atoms with van der Waals surface area (Å²) in [4.78, 5) is 34.7. The van der Waals surface area contributed by atoms with Gasteiger partial charge in [-0.3, -0.25) is 4.79 Å². The number of rotatable bonds is 7. The lowest BCUT2D eigenvalue weighted by atomic mass is 10.1. The molecule has 3 heterocycles. The van der Waals surface area contributed by atoms with Crippen molar-refractivity contribution >= 4 is 21.8 Å². The minimum Gasteiger partial charge on any atom is -0.474 e. The molecular formula is C24H29FN4O7S. The molecule has 0 aliphatic carbocycles. The number of benzene rings is 1. The number of likely N-dealkylation sites (tertiary alicyclic amines) is 2. The van der Waals surface area contributed by atoms with Crippen LogP contribution in [0, 0.1) is 12.7 Å². The monoisotopic (exact) mass is 536 g/mol. The Labute approximate surface area is 214 Å². The van der Waals surface area contributed by atoms with Crippen molar-refractivity contribution in [2.24, 2.45) is 0 Å². The predicted octanol–water partition coefficient (Wildman–Crippen LogP) is 2.77. The molecule has 2 aliphatic heterocycles. The Morgan fingerprint density at radius 1 is 1.14 bits per heavy atom. The normalized spacial score (nSPS) is 18.6. The Hall–Kier alpha value is -3.48. The summed E-state index contributed by atoms with van der Waals surface area (Å²) < 4.78 is 50.4. The summed E-state index contributed by atoms with van der Waals surface area (Å²) in [6.45, 7) is 2.76. The topological polar surface area (TPSA) is 139 Å². The maximum atomic E-state index is 14.9. The van der Waals surface area contributed by atoms with E-state index in [2.05, 4.69) is 9.97 Å². The average Bonchev–Trinajstić information content (AvgIpc) is 3.35. The van der Waals surface area contributed by atoms with Gasteiger partial charge in [0.2, 0.25) is 17.7 Å². The number of amides is 2. The van der Waals surface area contributed by atoms with Crippen molar-refractivity contribution in [3.05, 3.63) is 41.5 Å². The number of hydrogen-bond donors (Lipinski definition) is 1. The molecule has 200 valence electrons. The minimum atomic E-state index is -3.40. The molecule has 1 N–H and O–H groups in total. The third-order valence-corrected chi connectivity index (χ3v) is 8.03. The predicted molar refractivity (Wildman–Crippen MR) is 130 cm³/mol. The first-order valence-electron chi connectivity index (χ1n) is 11.9. The second-order valence-corrected chi connectivity index (χ2v) is 11.5. The van der Waals surface area contributed by atoms with E-state index in [4.69, 9.17) is 14.6 Å². The minimum absolute atomic E-state index is 0.101. The smallest absolute Gasteiger partial charge is 0.407 e. The van der Waals surface area contributed by atoms with Crippen LogP contribution in [0.4, 0.5) is 9.18 Å². The summed E-state index contributed by atoms with van der Waals surface area (Å²) in [6.07, 6.45) is 3.09. The molecule has 1 atom stereocenters. The van der Waals surface area contributed by atoms with Crippen LogP contribution in [0.25, 0.3) is 0 Å². The maximum absolute atomic E-state index is 14.9. The highest BCUT2D eigenvalue weighted by atomic mass is 32.2. The second kappa shape index (κ2) is 10.9. The van der Waals surface area contributed by atoms with E-state index in [0.717, 1.165) is 6.26 Å². The summed E-state index contributed by atoms with van der Waals surface area (Å²) in [7, 11) is -3.40. The Kier molecular flexibility index (Phi) is 7.81. The summed E-state index contributed by atoms with van der Waals surface area (Å²) in [5, 5.41) is 8.24. The number of carboxylic acid groups (broad SMARTS) is 1. The number of carbonyl (C=O) groups excluding carboxylic acids is 1. The molecule has 1 unspecified atom stereocenters. The van der Waals surface area contributed by atoms with Crippen LogP contribution >= 0.6 is 0 Å². The molecule has 0 bridgehead atoms. The van der Waals surface area contributed by atoms with Gasteiger partial charge in [-0.2, -0.15) is 0 Å². The summed E-state index contributed by atoms with van der Waals surface area (Å²) in [5.74, 6) is -0.804. The average molecular weight is 537 g/mol. The van der Waals surface area contributed by atoms with Gasteiger partial charge in [-0.15, -0.1) is 0 Å². The van der Waals surface area contributed by atoms with Crippen molar-refractivity contribution in [1.82, 2.24) is 19.8 Å². The Bertz CT molecular complexity index is 1280. The molecule has 2 amide bonds. The Balaban J connectivity index is 1.40. The number of piperidine rings is 1. The van der Waals surface area contributed by atoms with Crippen LogP contribution in [0.1, 0.15) is 36.8 Å². The standard InChI is InChI=1S/C24H29FN4O7S/c1-15-22(35-17-7-10-28(11-8-17)24(31)32)26-14-27-23(15)36-19-6-5-16(12-18(19)25)13-20(30)29-9-3-4-21(29)37(2,33)34/h5-6,12,14,17,21H,3-4,7-11,13H2,1-2H3,(H,31,32). The lowest BCUT2D eigenvalue weighted by Gasteiger charge is -2.30. The van der Waals surface area contributed by atoms with Gasteiger partial charge in [0, 0.05) is 38.7 Å². The van der Waals surface area contributed by atoms with Gasteiger partial charge in [-0.05, 0) is 37.5 Å². The zero-order chi connectivity index (χ0) is 26.7. The van der Waals surface area contributed by atoms with Crippen LogP contribution in [-0.4, -0.2) is 82.7 Å². The van der Waals surface area contributed by atoms with E-state index in [1.165, 1.54) is 28.3 Å². The number of halogens is 1. The third kappa shape index (κ3) is 6.27. The lowest BCUT2D eigenvalue weighted by Crippen LogP contribution is -2.41. The summed E-state index contributed by atoms with van der Waals surface area (Å²) in [5.41, 5.74) is 0.854. The number of aromatic nitrogens is 2. The van der Waals surface area contributed by atoms with Gasteiger partial charge < -0.3 is 24.4 Å². The van der Waals surface area contributed by atoms with Crippen LogP contribution in [-0.2, 0) is 21.1 Å². The number of nitrogens with zero attached hydrogens (tertiary/aromatic N) is 4. The number of hydrogen-bond acceptors (Lipinski definition) is 8. The van der Waals surface area contributed by atoms with Crippen LogP contribution in [0.15, 0.2) is 24.5 Å². The zero-order valence-electron chi connectivity index (χ0n) is 20.6. The first-order valence-corrected chi connectivity index (χ1v) is 13.9. The Morgan fingerprint density at radius 2 is 1.84 bits per heavy atom. The number of carbonyl (C=O) groups is 2. The fraction of sp³-hybridized carbons (Fsp3) is 0.500. The van der Waals surface area contributed by atoms with E-state index in [1.54, 1.807) is 13.0 Å². The molecule has 1 aromatic heterocycles. The van der Waals surface area contributed by atoms with Crippen molar-refractivity contribution in [2.75, 3.05) is 25.9 Å². The van der Waals surface area contributed by atoms with E-state index in [1.807, 2.05) is 0 Å². The van der Waals surface area contributed by atoms with E-state index >= 15 is 0 Å². The third-order valence-electron chi connectivity index (χ3n) is 6.55. The largest absolute Gasteiger partial charge is 0.474 e. The van der Waals surface area contributed by atoms with Gasteiger partial charge in [0.1, 0.15) is 17.8 Å². The highest BCUT2D eigenvalue weighted by Gasteiger charge is 2.35. The van der Waals surface area contributed by atoms with Crippen LogP contribution in [0.5, 0.6) is 17.5 Å². The molecule has 37 heavy (non-hydrogen) atoms. The molecule has 0 spiro atoms.